The van der Waals surface area contributed by atoms with Gasteiger partial charge in [0.15, 0.2) is 0 Å². The summed E-state index contributed by atoms with van der Waals surface area (Å²) in [6.07, 6.45) is -5.92. The summed E-state index contributed by atoms with van der Waals surface area (Å²) in [6, 6.07) is 8.18. The number of aryl methyl sites for hydroxylation is 1. The van der Waals surface area contributed by atoms with Crippen molar-refractivity contribution in [1.29, 1.82) is 0 Å². The van der Waals surface area contributed by atoms with Crippen LogP contribution in [0.1, 0.15) is 23.9 Å². The number of aromatic nitrogens is 4. The Bertz CT molecular complexity index is 1230. The van der Waals surface area contributed by atoms with Gasteiger partial charge in [0.25, 0.3) is 0 Å². The number of imidazole rings is 2. The van der Waals surface area contributed by atoms with Gasteiger partial charge < -0.3 is 9.13 Å². The molecule has 0 aliphatic heterocycles. The van der Waals surface area contributed by atoms with Gasteiger partial charge in [-0.1, -0.05) is 12.1 Å². The summed E-state index contributed by atoms with van der Waals surface area (Å²) in [6.45, 7) is 2.43. The highest BCUT2D eigenvalue weighted by Gasteiger charge is 2.32. The number of nitrogens with zero attached hydrogens (tertiary/aromatic N) is 4. The van der Waals surface area contributed by atoms with Crippen LogP contribution in [0.15, 0.2) is 54.9 Å². The summed E-state index contributed by atoms with van der Waals surface area (Å²) in [7, 11) is 0. The van der Waals surface area contributed by atoms with Gasteiger partial charge >= 0.3 is 12.4 Å². The SMILES string of the molecule is CCn1c(Cn2ccnc2-c2cccc(C(F)(F)F)c2)nc2cc(C(F)(F)F)ccc21. The Hall–Kier alpha value is -3.30. The van der Waals surface area contributed by atoms with Crippen LogP contribution in [-0.4, -0.2) is 19.1 Å². The van der Waals surface area contributed by atoms with Crippen molar-refractivity contribution < 1.29 is 26.3 Å². The summed E-state index contributed by atoms with van der Waals surface area (Å²) in [5, 5.41) is 0. The quantitative estimate of drug-likeness (QED) is 0.366. The Morgan fingerprint density at radius 3 is 2.29 bits per heavy atom. The summed E-state index contributed by atoms with van der Waals surface area (Å²) < 4.78 is 81.7. The Balaban J connectivity index is 1.74. The number of hydrogen-bond acceptors (Lipinski definition) is 2. The Labute approximate surface area is 172 Å². The molecule has 2 heterocycles. The first-order valence-corrected chi connectivity index (χ1v) is 9.33. The monoisotopic (exact) mass is 438 g/mol. The fourth-order valence-electron chi connectivity index (χ4n) is 3.51. The minimum absolute atomic E-state index is 0.134. The lowest BCUT2D eigenvalue weighted by molar-refractivity contribution is -0.138. The minimum Gasteiger partial charge on any atom is -0.327 e. The molecule has 0 radical (unpaired) electrons. The molecule has 0 N–H and O–H groups in total. The van der Waals surface area contributed by atoms with E-state index in [1.165, 1.54) is 24.4 Å². The Kier molecular flexibility index (Phi) is 5.03. The molecule has 4 nitrogen and oxygen atoms in total. The molecule has 0 unspecified atom stereocenters. The first-order chi connectivity index (χ1) is 14.6. The summed E-state index contributed by atoms with van der Waals surface area (Å²) in [5.41, 5.74) is -0.559. The number of benzene rings is 2. The van der Waals surface area contributed by atoms with Crippen molar-refractivity contribution in [1.82, 2.24) is 19.1 Å². The molecule has 0 spiro atoms. The van der Waals surface area contributed by atoms with E-state index in [0.717, 1.165) is 24.3 Å². The van der Waals surface area contributed by atoms with Crippen LogP contribution in [0.5, 0.6) is 0 Å². The van der Waals surface area contributed by atoms with Crippen molar-refractivity contribution in [2.45, 2.75) is 32.4 Å². The van der Waals surface area contributed by atoms with Crippen LogP contribution >= 0.6 is 0 Å². The molecule has 0 atom stereocenters. The smallest absolute Gasteiger partial charge is 0.327 e. The van der Waals surface area contributed by atoms with Gasteiger partial charge in [-0.25, -0.2) is 9.97 Å². The number of rotatable bonds is 4. The van der Waals surface area contributed by atoms with E-state index in [1.807, 2.05) is 6.92 Å². The van der Waals surface area contributed by atoms with E-state index in [9.17, 15) is 26.3 Å². The first kappa shape index (κ1) is 21.0. The van der Waals surface area contributed by atoms with Crippen molar-refractivity contribution >= 4 is 11.0 Å². The van der Waals surface area contributed by atoms with Gasteiger partial charge in [-0.15, -0.1) is 0 Å². The fourth-order valence-corrected chi connectivity index (χ4v) is 3.51. The first-order valence-electron chi connectivity index (χ1n) is 9.33. The Morgan fingerprint density at radius 1 is 0.903 bits per heavy atom. The second-order valence-electron chi connectivity index (χ2n) is 6.93. The molecule has 0 aliphatic carbocycles. The van der Waals surface area contributed by atoms with E-state index in [4.69, 9.17) is 0 Å². The van der Waals surface area contributed by atoms with Crippen LogP contribution in [0.25, 0.3) is 22.4 Å². The summed E-state index contributed by atoms with van der Waals surface area (Å²) >= 11 is 0. The van der Waals surface area contributed by atoms with Crippen molar-refractivity contribution in [3.8, 4) is 11.4 Å². The minimum atomic E-state index is -4.49. The van der Waals surface area contributed by atoms with Crippen LogP contribution in [0.3, 0.4) is 0 Å². The highest BCUT2D eigenvalue weighted by atomic mass is 19.4. The van der Waals surface area contributed by atoms with Gasteiger partial charge in [0.1, 0.15) is 11.6 Å². The topological polar surface area (TPSA) is 35.6 Å². The highest BCUT2D eigenvalue weighted by molar-refractivity contribution is 5.77. The lowest BCUT2D eigenvalue weighted by Gasteiger charge is -2.12. The second kappa shape index (κ2) is 7.44. The standard InChI is InChI=1S/C21H16F6N4/c1-2-31-17-7-6-15(21(25,26)27)11-16(17)29-18(31)12-30-9-8-28-19(30)13-4-3-5-14(10-13)20(22,23)24/h3-11H,2,12H2,1H3. The van der Waals surface area contributed by atoms with Gasteiger partial charge in [-0.05, 0) is 37.3 Å². The van der Waals surface area contributed by atoms with Crippen molar-refractivity contribution in [3.63, 3.8) is 0 Å². The molecule has 0 fully saturated rings. The second-order valence-corrected chi connectivity index (χ2v) is 6.93. The predicted molar refractivity (Wildman–Crippen MR) is 102 cm³/mol. The van der Waals surface area contributed by atoms with E-state index < -0.39 is 23.5 Å². The van der Waals surface area contributed by atoms with E-state index in [-0.39, 0.29) is 17.6 Å². The summed E-state index contributed by atoms with van der Waals surface area (Å²) in [4.78, 5) is 8.53. The van der Waals surface area contributed by atoms with Crippen LogP contribution < -0.4 is 0 Å². The average Bonchev–Trinajstić information content (AvgIpc) is 3.30. The molecule has 10 heteroatoms. The third-order valence-corrected chi connectivity index (χ3v) is 4.95. The number of alkyl halides is 6. The highest BCUT2D eigenvalue weighted by Crippen LogP contribution is 2.33. The molecule has 0 saturated carbocycles. The zero-order valence-corrected chi connectivity index (χ0v) is 16.2. The molecule has 0 amide bonds. The molecular formula is C21H16F6N4. The largest absolute Gasteiger partial charge is 0.416 e. The summed E-state index contributed by atoms with van der Waals surface area (Å²) in [5.74, 6) is 0.778. The zero-order valence-electron chi connectivity index (χ0n) is 16.2. The molecule has 4 aromatic rings. The predicted octanol–water partition coefficient (Wildman–Crippen LogP) is 6.01. The van der Waals surface area contributed by atoms with Gasteiger partial charge in [-0.2, -0.15) is 26.3 Å². The molecule has 31 heavy (non-hydrogen) atoms. The maximum Gasteiger partial charge on any atom is 0.416 e. The van der Waals surface area contributed by atoms with Gasteiger partial charge in [0.2, 0.25) is 0 Å². The van der Waals surface area contributed by atoms with Crippen LogP contribution in [0, 0.1) is 0 Å². The molecule has 162 valence electrons. The van der Waals surface area contributed by atoms with Crippen molar-refractivity contribution in [2.75, 3.05) is 0 Å². The van der Waals surface area contributed by atoms with Crippen LogP contribution in [-0.2, 0) is 25.4 Å². The molecular weight excluding hydrogens is 422 g/mol. The van der Waals surface area contributed by atoms with Gasteiger partial charge in [-0.3, -0.25) is 0 Å². The van der Waals surface area contributed by atoms with E-state index in [2.05, 4.69) is 9.97 Å². The zero-order chi connectivity index (χ0) is 22.4. The van der Waals surface area contributed by atoms with Gasteiger partial charge in [0, 0.05) is 24.5 Å². The number of hydrogen-bond donors (Lipinski definition) is 0. The normalized spacial score (nSPS) is 12.6. The molecule has 4 rings (SSSR count). The maximum absolute atomic E-state index is 13.1. The fraction of sp³-hybridized carbons (Fsp3) is 0.238. The van der Waals surface area contributed by atoms with Crippen LogP contribution in [0.2, 0.25) is 0 Å². The number of halogens is 6. The van der Waals surface area contributed by atoms with E-state index in [1.54, 1.807) is 15.3 Å². The van der Waals surface area contributed by atoms with Crippen molar-refractivity contribution in [3.05, 3.63) is 71.8 Å². The third-order valence-electron chi connectivity index (χ3n) is 4.95. The molecule has 0 saturated heterocycles. The van der Waals surface area contributed by atoms with Crippen molar-refractivity contribution in [2.24, 2.45) is 0 Å². The lowest BCUT2D eigenvalue weighted by atomic mass is 10.1. The average molecular weight is 438 g/mol. The Morgan fingerprint density at radius 2 is 1.61 bits per heavy atom. The molecule has 2 aromatic carbocycles. The molecule has 0 aliphatic rings. The van der Waals surface area contributed by atoms with Crippen LogP contribution in [0.4, 0.5) is 26.3 Å². The third kappa shape index (κ3) is 4.01. The van der Waals surface area contributed by atoms with E-state index >= 15 is 0 Å². The van der Waals surface area contributed by atoms with Gasteiger partial charge in [0.05, 0.1) is 28.7 Å². The lowest BCUT2D eigenvalue weighted by Crippen LogP contribution is -2.09. The molecule has 2 aromatic heterocycles. The van der Waals surface area contributed by atoms with E-state index in [0.29, 0.717) is 23.7 Å². The molecule has 0 bridgehead atoms. The maximum atomic E-state index is 13.1. The number of fused-ring (bicyclic) bond motifs is 1.